The number of hydrogen-bond donors (Lipinski definition) is 2. The van der Waals surface area contributed by atoms with Gasteiger partial charge in [0.1, 0.15) is 0 Å². The molecule has 1 heterocycles. The lowest BCUT2D eigenvalue weighted by molar-refractivity contribution is 0.674. The fourth-order valence-electron chi connectivity index (χ4n) is 2.74. The average molecular weight is 345 g/mol. The maximum absolute atomic E-state index is 6.39. The summed E-state index contributed by atoms with van der Waals surface area (Å²) < 4.78 is 0. The first-order valence-corrected chi connectivity index (χ1v) is 9.15. The van der Waals surface area contributed by atoms with Crippen molar-refractivity contribution in [3.8, 4) is 0 Å². The zero-order chi connectivity index (χ0) is 16.1. The van der Waals surface area contributed by atoms with Crippen LogP contribution in [0.3, 0.4) is 0 Å². The van der Waals surface area contributed by atoms with E-state index < -0.39 is 0 Å². The monoisotopic (exact) mass is 344 g/mol. The summed E-state index contributed by atoms with van der Waals surface area (Å²) in [6.07, 6.45) is 5.57. The number of aromatic nitrogens is 1. The van der Waals surface area contributed by atoms with Crippen LogP contribution in [0.5, 0.6) is 0 Å². The number of rotatable bonds is 7. The van der Waals surface area contributed by atoms with Crippen LogP contribution in [0.15, 0.2) is 58.5 Å². The first-order chi connectivity index (χ1) is 11.3. The van der Waals surface area contributed by atoms with E-state index in [2.05, 4.69) is 46.8 Å². The molecule has 0 unspecified atom stereocenters. The van der Waals surface area contributed by atoms with Gasteiger partial charge in [-0.2, -0.15) is 0 Å². The van der Waals surface area contributed by atoms with E-state index in [1.165, 1.54) is 28.2 Å². The minimum atomic E-state index is 0.803. The van der Waals surface area contributed by atoms with Gasteiger partial charge in [-0.3, -0.25) is 0 Å². The molecule has 4 heteroatoms. The fourth-order valence-corrected chi connectivity index (χ4v) is 4.19. The lowest BCUT2D eigenvalue weighted by atomic mass is 10.1. The van der Waals surface area contributed by atoms with E-state index in [-0.39, 0.29) is 0 Å². The van der Waals surface area contributed by atoms with Gasteiger partial charge in [0.15, 0.2) is 0 Å². The molecule has 0 spiro atoms. The molecule has 0 bridgehead atoms. The molecule has 0 amide bonds. The van der Waals surface area contributed by atoms with Gasteiger partial charge >= 0.3 is 0 Å². The standard InChI is InChI=1S/C19H21ClN2S/c1-21-12-5-4-8-14-7-2-3-11-17(14)23-18-13-22-16-10-6-9-15(20)19(16)18/h2-3,6-7,9-11,13,21-22H,4-5,8,12H2,1H3. The smallest absolute Gasteiger partial charge is 0.0511 e. The van der Waals surface area contributed by atoms with Crippen LogP contribution < -0.4 is 5.32 Å². The number of halogens is 1. The quantitative estimate of drug-likeness (QED) is 0.553. The highest BCUT2D eigenvalue weighted by molar-refractivity contribution is 7.99. The summed E-state index contributed by atoms with van der Waals surface area (Å²) >= 11 is 8.18. The SMILES string of the molecule is CNCCCCc1ccccc1Sc1c[nH]c2cccc(Cl)c12. The second-order valence-corrected chi connectivity index (χ2v) is 7.08. The Hall–Kier alpha value is -1.42. The van der Waals surface area contributed by atoms with E-state index in [4.69, 9.17) is 11.6 Å². The minimum Gasteiger partial charge on any atom is -0.360 e. The summed E-state index contributed by atoms with van der Waals surface area (Å²) in [4.78, 5) is 5.82. The van der Waals surface area contributed by atoms with Crippen molar-refractivity contribution in [2.45, 2.75) is 29.1 Å². The van der Waals surface area contributed by atoms with Crippen LogP contribution in [0.4, 0.5) is 0 Å². The molecule has 0 fully saturated rings. The molecule has 3 rings (SSSR count). The van der Waals surface area contributed by atoms with Crippen molar-refractivity contribution in [2.24, 2.45) is 0 Å². The highest BCUT2D eigenvalue weighted by Crippen LogP contribution is 2.38. The zero-order valence-corrected chi connectivity index (χ0v) is 14.8. The van der Waals surface area contributed by atoms with Crippen LogP contribution >= 0.6 is 23.4 Å². The Morgan fingerprint density at radius 2 is 1.91 bits per heavy atom. The molecule has 3 aromatic rings. The Morgan fingerprint density at radius 3 is 2.78 bits per heavy atom. The van der Waals surface area contributed by atoms with Crippen molar-refractivity contribution in [1.82, 2.24) is 10.3 Å². The first kappa shape index (κ1) is 16.4. The van der Waals surface area contributed by atoms with Crippen LogP contribution in [-0.2, 0) is 6.42 Å². The molecule has 0 aliphatic carbocycles. The molecule has 120 valence electrons. The van der Waals surface area contributed by atoms with Crippen LogP contribution in [0.25, 0.3) is 10.9 Å². The van der Waals surface area contributed by atoms with Gasteiger partial charge in [0, 0.05) is 26.9 Å². The van der Waals surface area contributed by atoms with Crippen molar-refractivity contribution in [3.05, 3.63) is 59.2 Å². The Balaban J connectivity index is 1.82. The molecule has 0 atom stereocenters. The number of aromatic amines is 1. The van der Waals surface area contributed by atoms with Crippen LogP contribution in [-0.4, -0.2) is 18.6 Å². The number of hydrogen-bond acceptors (Lipinski definition) is 2. The lowest BCUT2D eigenvalue weighted by Crippen LogP contribution is -2.07. The van der Waals surface area contributed by atoms with Gasteiger partial charge < -0.3 is 10.3 Å². The van der Waals surface area contributed by atoms with E-state index >= 15 is 0 Å². The Kier molecular flexibility index (Phi) is 5.65. The molecule has 0 saturated carbocycles. The van der Waals surface area contributed by atoms with Crippen molar-refractivity contribution in [3.63, 3.8) is 0 Å². The summed E-state index contributed by atoms with van der Waals surface area (Å²) in [7, 11) is 2.00. The summed E-state index contributed by atoms with van der Waals surface area (Å²) in [5, 5.41) is 5.13. The third kappa shape index (κ3) is 3.92. The van der Waals surface area contributed by atoms with Gasteiger partial charge in [0.2, 0.25) is 0 Å². The molecule has 1 aromatic heterocycles. The molecule has 0 radical (unpaired) electrons. The molecule has 0 aliphatic heterocycles. The highest BCUT2D eigenvalue weighted by atomic mass is 35.5. The summed E-state index contributed by atoms with van der Waals surface area (Å²) in [6.45, 7) is 1.08. The number of benzene rings is 2. The fraction of sp³-hybridized carbons (Fsp3) is 0.263. The van der Waals surface area contributed by atoms with Gasteiger partial charge in [0.25, 0.3) is 0 Å². The molecule has 0 saturated heterocycles. The average Bonchev–Trinajstić information content (AvgIpc) is 2.97. The minimum absolute atomic E-state index is 0.803. The summed E-state index contributed by atoms with van der Waals surface area (Å²) in [6, 6.07) is 14.7. The normalized spacial score (nSPS) is 11.2. The molecule has 23 heavy (non-hydrogen) atoms. The van der Waals surface area contributed by atoms with Crippen molar-refractivity contribution < 1.29 is 0 Å². The molecule has 2 nitrogen and oxygen atoms in total. The van der Waals surface area contributed by atoms with E-state index in [9.17, 15) is 0 Å². The van der Waals surface area contributed by atoms with Crippen molar-refractivity contribution in [1.29, 1.82) is 0 Å². The van der Waals surface area contributed by atoms with Gasteiger partial charge in [-0.15, -0.1) is 0 Å². The van der Waals surface area contributed by atoms with Crippen LogP contribution in [0.1, 0.15) is 18.4 Å². The second kappa shape index (κ2) is 7.91. The maximum atomic E-state index is 6.39. The van der Waals surface area contributed by atoms with Crippen molar-refractivity contribution in [2.75, 3.05) is 13.6 Å². The number of fused-ring (bicyclic) bond motifs is 1. The summed E-state index contributed by atoms with van der Waals surface area (Å²) in [5.41, 5.74) is 2.50. The number of aryl methyl sites for hydroxylation is 1. The van der Waals surface area contributed by atoms with Gasteiger partial charge in [0.05, 0.1) is 5.02 Å². The topological polar surface area (TPSA) is 27.8 Å². The predicted octanol–water partition coefficient (Wildman–Crippen LogP) is 5.51. The third-order valence-corrected chi connectivity index (χ3v) is 5.41. The van der Waals surface area contributed by atoms with E-state index in [1.807, 2.05) is 19.2 Å². The number of nitrogens with one attached hydrogen (secondary N) is 2. The van der Waals surface area contributed by atoms with Crippen molar-refractivity contribution >= 4 is 34.3 Å². The largest absolute Gasteiger partial charge is 0.360 e. The molecular formula is C19H21ClN2S. The first-order valence-electron chi connectivity index (χ1n) is 7.95. The van der Waals surface area contributed by atoms with E-state index in [0.717, 1.165) is 28.9 Å². The van der Waals surface area contributed by atoms with Gasteiger partial charge in [-0.25, -0.2) is 0 Å². The number of H-pyrrole nitrogens is 1. The van der Waals surface area contributed by atoms with Gasteiger partial charge in [-0.05, 0) is 56.6 Å². The molecule has 2 N–H and O–H groups in total. The van der Waals surface area contributed by atoms with E-state index in [0.29, 0.717) is 0 Å². The Morgan fingerprint density at radius 1 is 1.04 bits per heavy atom. The number of unbranched alkanes of at least 4 members (excludes halogenated alkanes) is 1. The second-order valence-electron chi connectivity index (χ2n) is 5.59. The highest BCUT2D eigenvalue weighted by Gasteiger charge is 2.10. The van der Waals surface area contributed by atoms with Crippen LogP contribution in [0, 0.1) is 0 Å². The zero-order valence-electron chi connectivity index (χ0n) is 13.2. The Labute approximate surface area is 146 Å². The lowest BCUT2D eigenvalue weighted by Gasteiger charge is -2.09. The Bertz CT molecular complexity index is 782. The third-order valence-electron chi connectivity index (χ3n) is 3.93. The predicted molar refractivity (Wildman–Crippen MR) is 101 cm³/mol. The summed E-state index contributed by atoms with van der Waals surface area (Å²) in [5.74, 6) is 0. The maximum Gasteiger partial charge on any atom is 0.0511 e. The molecule has 2 aromatic carbocycles. The van der Waals surface area contributed by atoms with Crippen LogP contribution in [0.2, 0.25) is 5.02 Å². The van der Waals surface area contributed by atoms with E-state index in [1.54, 1.807) is 11.8 Å². The molecular weight excluding hydrogens is 324 g/mol. The van der Waals surface area contributed by atoms with Gasteiger partial charge in [-0.1, -0.05) is 47.6 Å². The molecule has 0 aliphatic rings.